The average molecular weight is 492 g/mol. The van der Waals surface area contributed by atoms with E-state index in [1.54, 1.807) is 37.4 Å². The number of nitrogens with zero attached hydrogens (tertiary/aromatic N) is 3. The summed E-state index contributed by atoms with van der Waals surface area (Å²) < 4.78 is 1.35. The summed E-state index contributed by atoms with van der Waals surface area (Å²) in [6.45, 7) is 2.93. The van der Waals surface area contributed by atoms with E-state index in [0.717, 1.165) is 0 Å². The number of aromatic nitrogens is 3. The van der Waals surface area contributed by atoms with Crippen LogP contribution in [0.2, 0.25) is 10.0 Å². The van der Waals surface area contributed by atoms with Gasteiger partial charge in [-0.15, -0.1) is 11.8 Å². The summed E-state index contributed by atoms with van der Waals surface area (Å²) in [5, 5.41) is 10.9. The van der Waals surface area contributed by atoms with Gasteiger partial charge in [-0.05, 0) is 49.9 Å². The molecule has 2 N–H and O–H groups in total. The summed E-state index contributed by atoms with van der Waals surface area (Å²) in [4.78, 5) is 41.4. The molecule has 0 saturated heterocycles. The molecule has 0 bridgehead atoms. The lowest BCUT2D eigenvalue weighted by Crippen LogP contribution is -2.30. The third-order valence-electron chi connectivity index (χ3n) is 4.35. The Balaban J connectivity index is 2.01. The number of pyridine rings is 1. The fourth-order valence-corrected chi connectivity index (χ4v) is 3.75. The average Bonchev–Trinajstić information content (AvgIpc) is 3.18. The van der Waals surface area contributed by atoms with Crippen molar-refractivity contribution in [3.63, 3.8) is 0 Å². The maximum atomic E-state index is 13.3. The minimum absolute atomic E-state index is 0.136. The molecule has 166 valence electrons. The van der Waals surface area contributed by atoms with Crippen LogP contribution < -0.4 is 10.6 Å². The lowest BCUT2D eigenvalue weighted by Gasteiger charge is -2.15. The summed E-state index contributed by atoms with van der Waals surface area (Å²) in [5.74, 6) is -0.965. The third kappa shape index (κ3) is 5.29. The zero-order valence-electron chi connectivity index (χ0n) is 17.4. The Hall–Kier alpha value is -2.88. The van der Waals surface area contributed by atoms with Crippen molar-refractivity contribution in [3.8, 4) is 5.82 Å². The zero-order chi connectivity index (χ0) is 23.4. The van der Waals surface area contributed by atoms with E-state index in [-0.39, 0.29) is 29.3 Å². The van der Waals surface area contributed by atoms with Gasteiger partial charge in [-0.25, -0.2) is 9.67 Å². The first-order valence-corrected chi connectivity index (χ1v) is 11.3. The number of nitrogens with one attached hydrogen (secondary N) is 2. The van der Waals surface area contributed by atoms with E-state index in [9.17, 15) is 14.4 Å². The monoisotopic (exact) mass is 491 g/mol. The highest BCUT2D eigenvalue weighted by Crippen LogP contribution is 2.28. The maximum absolute atomic E-state index is 13.3. The molecule has 0 fully saturated rings. The topological polar surface area (TPSA) is 106 Å². The largest absolute Gasteiger partial charge is 0.345 e. The number of amides is 2. The van der Waals surface area contributed by atoms with E-state index >= 15 is 0 Å². The Morgan fingerprint density at radius 2 is 1.91 bits per heavy atom. The van der Waals surface area contributed by atoms with Crippen LogP contribution in [-0.4, -0.2) is 45.2 Å². The molecular formula is C21H19Cl2N5O3S. The van der Waals surface area contributed by atoms with Crippen molar-refractivity contribution >= 4 is 58.2 Å². The van der Waals surface area contributed by atoms with Crippen LogP contribution in [0, 0.1) is 6.92 Å². The van der Waals surface area contributed by atoms with E-state index in [0.29, 0.717) is 26.5 Å². The molecule has 32 heavy (non-hydrogen) atoms. The molecule has 0 unspecified atom stereocenters. The van der Waals surface area contributed by atoms with Crippen LogP contribution in [0.1, 0.15) is 33.3 Å². The molecule has 0 aliphatic rings. The highest BCUT2D eigenvalue weighted by molar-refractivity contribution is 7.98. The number of rotatable bonds is 7. The number of carbonyl (C=O) groups is 3. The Bertz CT molecular complexity index is 1210. The molecular weight excluding hydrogens is 473 g/mol. The first-order valence-electron chi connectivity index (χ1n) is 9.35. The summed E-state index contributed by atoms with van der Waals surface area (Å²) in [7, 11) is 0. The molecule has 2 amide bonds. The molecule has 0 spiro atoms. The second-order valence-electron chi connectivity index (χ2n) is 6.78. The number of aryl methyl sites for hydroxylation is 1. The van der Waals surface area contributed by atoms with Crippen molar-refractivity contribution < 1.29 is 14.4 Å². The molecule has 0 aliphatic heterocycles. The summed E-state index contributed by atoms with van der Waals surface area (Å²) in [6, 6.07) is 7.98. The number of hydrogen-bond acceptors (Lipinski definition) is 6. The molecule has 0 atom stereocenters. The van der Waals surface area contributed by atoms with Crippen LogP contribution in [-0.2, 0) is 4.79 Å². The Morgan fingerprint density at radius 3 is 2.56 bits per heavy atom. The normalized spacial score (nSPS) is 10.7. The van der Waals surface area contributed by atoms with Crippen LogP contribution in [0.3, 0.4) is 0 Å². The van der Waals surface area contributed by atoms with E-state index in [2.05, 4.69) is 20.7 Å². The van der Waals surface area contributed by atoms with Gasteiger partial charge >= 0.3 is 0 Å². The van der Waals surface area contributed by atoms with E-state index < -0.39 is 11.8 Å². The predicted molar refractivity (Wildman–Crippen MR) is 125 cm³/mol. The maximum Gasteiger partial charge on any atom is 0.274 e. The molecule has 0 aliphatic carbocycles. The zero-order valence-corrected chi connectivity index (χ0v) is 19.7. The predicted octanol–water partition coefficient (Wildman–Crippen LogP) is 4.18. The number of carbonyl (C=O) groups excluding carboxylic acids is 3. The molecule has 0 radical (unpaired) electrons. The van der Waals surface area contributed by atoms with Gasteiger partial charge < -0.3 is 10.6 Å². The minimum Gasteiger partial charge on any atom is -0.345 e. The number of ketones is 1. The van der Waals surface area contributed by atoms with Crippen LogP contribution in [0.5, 0.6) is 0 Å². The van der Waals surface area contributed by atoms with Gasteiger partial charge in [0.15, 0.2) is 5.82 Å². The molecule has 0 saturated carbocycles. The molecule has 2 aromatic heterocycles. The summed E-state index contributed by atoms with van der Waals surface area (Å²) in [5.41, 5.74) is 1.16. The standard InChI is InChI=1S/C21H19Cl2N5O3S/c1-11-7-13(22)8-14(20(30)25-10-12(2)29)18(11)26-21(31)16-9-17(32-3)27-28(16)19-15(23)5-4-6-24-19/h4-9H,10H2,1-3H3,(H,25,30)(H,26,31). The van der Waals surface area contributed by atoms with Crippen molar-refractivity contribution in [2.75, 3.05) is 18.1 Å². The third-order valence-corrected chi connectivity index (χ3v) is 5.48. The smallest absolute Gasteiger partial charge is 0.274 e. The molecule has 11 heteroatoms. The Labute approximate surface area is 198 Å². The number of anilines is 1. The second kappa shape index (κ2) is 10.2. The second-order valence-corrected chi connectivity index (χ2v) is 8.45. The van der Waals surface area contributed by atoms with Gasteiger partial charge in [0, 0.05) is 17.3 Å². The van der Waals surface area contributed by atoms with Crippen LogP contribution in [0.25, 0.3) is 5.82 Å². The number of hydrogen-bond donors (Lipinski definition) is 2. The van der Waals surface area contributed by atoms with Gasteiger partial charge in [-0.1, -0.05) is 23.2 Å². The SMILES string of the molecule is CSc1cc(C(=O)Nc2c(C)cc(Cl)cc2C(=O)NCC(C)=O)n(-c2ncccc2Cl)n1. The molecule has 8 nitrogen and oxygen atoms in total. The molecule has 1 aromatic carbocycles. The lowest BCUT2D eigenvalue weighted by atomic mass is 10.1. The summed E-state index contributed by atoms with van der Waals surface area (Å²) in [6.07, 6.45) is 3.37. The first-order chi connectivity index (χ1) is 15.2. The van der Waals surface area contributed by atoms with Crippen LogP contribution >= 0.6 is 35.0 Å². The van der Waals surface area contributed by atoms with Crippen molar-refractivity contribution in [2.45, 2.75) is 18.9 Å². The molecule has 3 aromatic rings. The van der Waals surface area contributed by atoms with Crippen molar-refractivity contribution in [3.05, 3.63) is 63.4 Å². The van der Waals surface area contributed by atoms with Gasteiger partial charge in [0.2, 0.25) is 0 Å². The van der Waals surface area contributed by atoms with Gasteiger partial charge in [-0.3, -0.25) is 14.4 Å². The molecule has 2 heterocycles. The van der Waals surface area contributed by atoms with Gasteiger partial charge in [-0.2, -0.15) is 5.10 Å². The number of Topliss-reactive ketones (excluding diaryl/α,β-unsaturated/α-hetero) is 1. The van der Waals surface area contributed by atoms with Gasteiger partial charge in [0.05, 0.1) is 22.8 Å². The van der Waals surface area contributed by atoms with Crippen LogP contribution in [0.4, 0.5) is 5.69 Å². The molecule has 3 rings (SSSR count). The van der Waals surface area contributed by atoms with Crippen molar-refractivity contribution in [2.24, 2.45) is 0 Å². The Kier molecular flexibility index (Phi) is 7.55. The van der Waals surface area contributed by atoms with Crippen molar-refractivity contribution in [1.29, 1.82) is 0 Å². The minimum atomic E-state index is -0.535. The Morgan fingerprint density at radius 1 is 1.16 bits per heavy atom. The fourth-order valence-electron chi connectivity index (χ4n) is 2.88. The van der Waals surface area contributed by atoms with E-state index in [4.69, 9.17) is 23.2 Å². The first kappa shape index (κ1) is 23.8. The highest BCUT2D eigenvalue weighted by atomic mass is 35.5. The summed E-state index contributed by atoms with van der Waals surface area (Å²) >= 11 is 13.7. The van der Waals surface area contributed by atoms with Crippen LogP contribution in [0.15, 0.2) is 41.6 Å². The lowest BCUT2D eigenvalue weighted by molar-refractivity contribution is -0.116. The number of benzene rings is 1. The van der Waals surface area contributed by atoms with E-state index in [1.165, 1.54) is 29.4 Å². The quantitative estimate of drug-likeness (QED) is 0.480. The van der Waals surface area contributed by atoms with Gasteiger partial charge in [0.1, 0.15) is 16.5 Å². The van der Waals surface area contributed by atoms with Crippen molar-refractivity contribution in [1.82, 2.24) is 20.1 Å². The fraction of sp³-hybridized carbons (Fsp3) is 0.190. The highest BCUT2D eigenvalue weighted by Gasteiger charge is 2.22. The van der Waals surface area contributed by atoms with E-state index in [1.807, 2.05) is 6.26 Å². The van der Waals surface area contributed by atoms with Gasteiger partial charge in [0.25, 0.3) is 11.8 Å². The number of thioether (sulfide) groups is 1. The number of halogens is 2.